The van der Waals surface area contributed by atoms with Crippen LogP contribution in [0.15, 0.2) is 140 Å². The van der Waals surface area contributed by atoms with Gasteiger partial charge in [-0.15, -0.1) is 0 Å². The molecule has 0 fully saturated rings. The van der Waals surface area contributed by atoms with Crippen LogP contribution in [0.4, 0.5) is 0 Å². The zero-order valence-electron chi connectivity index (χ0n) is 39.6. The smallest absolute Gasteiger partial charge is 0.149 e. The summed E-state index contributed by atoms with van der Waals surface area (Å²) in [5.74, 6) is -0.632. The van der Waals surface area contributed by atoms with E-state index in [1.807, 2.05) is 76.4 Å². The summed E-state index contributed by atoms with van der Waals surface area (Å²) in [5, 5.41) is 12.3. The summed E-state index contributed by atoms with van der Waals surface area (Å²) in [6.45, 7) is 22.8. The van der Waals surface area contributed by atoms with Crippen molar-refractivity contribution >= 4 is 11.0 Å². The number of nitrogens with zero attached hydrogens (tertiary/aromatic N) is 3. The Morgan fingerprint density at radius 1 is 0.574 bits per heavy atom. The number of phenols is 1. The Morgan fingerprint density at radius 3 is 1.93 bits per heavy atom. The van der Waals surface area contributed by atoms with Gasteiger partial charge >= 0.3 is 0 Å². The first-order valence-corrected chi connectivity index (χ1v) is 21.4. The second-order valence-electron chi connectivity index (χ2n) is 19.1. The van der Waals surface area contributed by atoms with Crippen molar-refractivity contribution in [2.45, 2.75) is 98.8 Å². The van der Waals surface area contributed by atoms with Crippen LogP contribution >= 0.6 is 0 Å². The van der Waals surface area contributed by atoms with E-state index in [2.05, 4.69) is 144 Å². The zero-order chi connectivity index (χ0) is 45.2. The van der Waals surface area contributed by atoms with Crippen LogP contribution in [0, 0.1) is 6.92 Å². The molecule has 8 aromatic rings. The lowest BCUT2D eigenvalue weighted by atomic mass is 9.83. The van der Waals surface area contributed by atoms with Gasteiger partial charge in [0.2, 0.25) is 0 Å². The lowest BCUT2D eigenvalue weighted by molar-refractivity contribution is 0.448. The van der Waals surface area contributed by atoms with Gasteiger partial charge in [0, 0.05) is 31.2 Å². The van der Waals surface area contributed by atoms with Crippen LogP contribution in [0.3, 0.4) is 0 Å². The lowest BCUT2D eigenvalue weighted by Gasteiger charge is -2.23. The standard InChI is InChI=1S/C57H59N3O/c1-35(2)38-20-22-39(23-21-38)42-26-27-58-50(34-42)44-30-43(31-45(32-44)56(6,7)8)46-18-15-19-52-53(46)59-55(48-28-37(5)29-49(54(48)61)57(9,10)11)60(52)51-25-24-41(36(3)4)33-47(51)40-16-13-12-14-17-40/h12-36,61H,1-11H3/i35D,36D. The molecule has 0 saturated heterocycles. The SMILES string of the molecule is [2H]C(C)(C)c1ccc(-c2ccnc(-c3cc(-c4cccc5c4nc(-c4cc(C)cc(C(C)(C)C)c4O)n5-c4ccc(C([2H])(C)C)cc4-c4ccccc4)cc(C(C)(C)C)c3)c2)cc1. The third-order valence-electron chi connectivity index (χ3n) is 11.8. The maximum absolute atomic E-state index is 12.3. The van der Waals surface area contributed by atoms with Crippen molar-refractivity contribution in [3.05, 3.63) is 167 Å². The first-order valence-electron chi connectivity index (χ1n) is 22.4. The number of para-hydroxylation sites is 1. The quantitative estimate of drug-likeness (QED) is 0.166. The number of aryl methyl sites for hydroxylation is 1. The van der Waals surface area contributed by atoms with Gasteiger partial charge in [-0.2, -0.15) is 0 Å². The molecule has 0 atom stereocenters. The molecule has 1 N–H and O–H groups in total. The van der Waals surface area contributed by atoms with Crippen molar-refractivity contribution in [2.75, 3.05) is 0 Å². The van der Waals surface area contributed by atoms with Crippen molar-refractivity contribution in [3.8, 4) is 67.5 Å². The highest BCUT2D eigenvalue weighted by Gasteiger charge is 2.27. The molecule has 6 aromatic carbocycles. The first kappa shape index (κ1) is 38.9. The minimum Gasteiger partial charge on any atom is -0.507 e. The molecule has 0 radical (unpaired) electrons. The Morgan fingerprint density at radius 2 is 1.26 bits per heavy atom. The lowest BCUT2D eigenvalue weighted by Crippen LogP contribution is -2.12. The molecule has 4 nitrogen and oxygen atoms in total. The number of aromatic nitrogens is 3. The fraction of sp³-hybridized carbons (Fsp3) is 0.263. The summed E-state index contributed by atoms with van der Waals surface area (Å²) in [4.78, 5) is 10.5. The normalized spacial score (nSPS) is 13.0. The van der Waals surface area contributed by atoms with E-state index in [1.165, 1.54) is 5.56 Å². The maximum atomic E-state index is 12.3. The average Bonchev–Trinajstić information content (AvgIpc) is 3.62. The van der Waals surface area contributed by atoms with Crippen molar-refractivity contribution < 1.29 is 7.85 Å². The van der Waals surface area contributed by atoms with Crippen LogP contribution in [0.1, 0.15) is 112 Å². The number of benzene rings is 6. The predicted octanol–water partition coefficient (Wildman–Crippen LogP) is 15.6. The summed E-state index contributed by atoms with van der Waals surface area (Å²) in [7, 11) is 0. The van der Waals surface area contributed by atoms with E-state index >= 15 is 0 Å². The predicted molar refractivity (Wildman–Crippen MR) is 258 cm³/mol. The number of rotatable bonds is 8. The van der Waals surface area contributed by atoms with E-state index in [0.29, 0.717) is 11.4 Å². The highest BCUT2D eigenvalue weighted by molar-refractivity contribution is 5.98. The summed E-state index contributed by atoms with van der Waals surface area (Å²) in [5.41, 5.74) is 15.7. The third-order valence-corrected chi connectivity index (χ3v) is 11.8. The minimum absolute atomic E-state index is 0.172. The van der Waals surface area contributed by atoms with Gasteiger partial charge in [-0.25, -0.2) is 4.98 Å². The molecular formula is C57H59N3O. The Kier molecular flexibility index (Phi) is 10.2. The molecule has 61 heavy (non-hydrogen) atoms. The number of hydrogen-bond donors (Lipinski definition) is 1. The fourth-order valence-electron chi connectivity index (χ4n) is 8.30. The van der Waals surface area contributed by atoms with Gasteiger partial charge in [0.25, 0.3) is 0 Å². The minimum atomic E-state index is -0.820. The van der Waals surface area contributed by atoms with Gasteiger partial charge in [0.1, 0.15) is 11.6 Å². The second-order valence-corrected chi connectivity index (χ2v) is 19.1. The number of fused-ring (bicyclic) bond motifs is 1. The summed E-state index contributed by atoms with van der Waals surface area (Å²) < 4.78 is 19.7. The summed E-state index contributed by atoms with van der Waals surface area (Å²) in [6, 6.07) is 46.4. The molecule has 0 aliphatic carbocycles. The largest absolute Gasteiger partial charge is 0.507 e. The third kappa shape index (κ3) is 8.16. The Labute approximate surface area is 365 Å². The Bertz CT molecular complexity index is 2990. The monoisotopic (exact) mass is 803 g/mol. The van der Waals surface area contributed by atoms with Crippen LogP contribution < -0.4 is 0 Å². The molecule has 0 spiro atoms. The molecule has 4 heteroatoms. The van der Waals surface area contributed by atoms with E-state index in [4.69, 9.17) is 12.7 Å². The number of pyridine rings is 1. The van der Waals surface area contributed by atoms with Crippen LogP contribution in [-0.4, -0.2) is 19.6 Å². The summed E-state index contributed by atoms with van der Waals surface area (Å²) in [6.07, 6.45) is 1.88. The van der Waals surface area contributed by atoms with Crippen molar-refractivity contribution in [2.24, 2.45) is 0 Å². The maximum Gasteiger partial charge on any atom is 0.149 e. The topological polar surface area (TPSA) is 50.9 Å². The summed E-state index contributed by atoms with van der Waals surface area (Å²) >= 11 is 0. The number of hydrogen-bond acceptors (Lipinski definition) is 3. The van der Waals surface area contributed by atoms with Crippen molar-refractivity contribution in [1.82, 2.24) is 14.5 Å². The van der Waals surface area contributed by atoms with E-state index in [9.17, 15) is 5.11 Å². The molecular weight excluding hydrogens is 743 g/mol. The van der Waals surface area contributed by atoms with Crippen LogP contribution in [-0.2, 0) is 10.8 Å². The number of imidazole rings is 1. The first-order chi connectivity index (χ1) is 29.6. The fourth-order valence-corrected chi connectivity index (χ4v) is 8.30. The van der Waals surface area contributed by atoms with Gasteiger partial charge in [-0.3, -0.25) is 9.55 Å². The second kappa shape index (κ2) is 16.0. The molecule has 2 aromatic heterocycles. The van der Waals surface area contributed by atoms with Gasteiger partial charge < -0.3 is 5.11 Å². The van der Waals surface area contributed by atoms with Crippen molar-refractivity contribution in [1.29, 1.82) is 0 Å². The van der Waals surface area contributed by atoms with E-state index in [1.54, 1.807) is 0 Å². The molecule has 0 aliphatic heterocycles. The zero-order valence-corrected chi connectivity index (χ0v) is 37.6. The molecule has 8 rings (SSSR count). The molecule has 0 unspecified atom stereocenters. The van der Waals surface area contributed by atoms with Gasteiger partial charge in [0.15, 0.2) is 0 Å². The molecule has 0 saturated carbocycles. The highest BCUT2D eigenvalue weighted by Crippen LogP contribution is 2.45. The van der Waals surface area contributed by atoms with Gasteiger partial charge in [-0.05, 0) is 123 Å². The van der Waals surface area contributed by atoms with Gasteiger partial charge in [0.05, 0.1) is 28.0 Å². The van der Waals surface area contributed by atoms with Crippen LogP contribution in [0.5, 0.6) is 5.75 Å². The average molecular weight is 804 g/mol. The molecule has 0 aliphatic rings. The molecule has 0 bridgehead atoms. The van der Waals surface area contributed by atoms with Crippen LogP contribution in [0.25, 0.3) is 72.7 Å². The van der Waals surface area contributed by atoms with Gasteiger partial charge in [-0.1, -0.05) is 154 Å². The van der Waals surface area contributed by atoms with Crippen LogP contribution in [0.2, 0.25) is 0 Å². The van der Waals surface area contributed by atoms with E-state index in [0.717, 1.165) is 83.6 Å². The molecule has 308 valence electrons. The highest BCUT2D eigenvalue weighted by atomic mass is 16.3. The van der Waals surface area contributed by atoms with E-state index < -0.39 is 11.8 Å². The Balaban J connectivity index is 1.40. The van der Waals surface area contributed by atoms with E-state index in [-0.39, 0.29) is 16.6 Å². The Hall–Kier alpha value is -6.26. The molecule has 0 amide bonds. The number of phenolic OH excluding ortho intramolecular Hbond substituents is 1. The number of aromatic hydroxyl groups is 1. The van der Waals surface area contributed by atoms with Crippen molar-refractivity contribution in [3.63, 3.8) is 0 Å². The molecule has 2 heterocycles.